The summed E-state index contributed by atoms with van der Waals surface area (Å²) in [6.07, 6.45) is 21.0. The molecule has 150 valence electrons. The van der Waals surface area contributed by atoms with Gasteiger partial charge in [0.25, 0.3) is 0 Å². The predicted molar refractivity (Wildman–Crippen MR) is 116 cm³/mol. The summed E-state index contributed by atoms with van der Waals surface area (Å²) in [5, 5.41) is 0. The van der Waals surface area contributed by atoms with Gasteiger partial charge in [0.05, 0.1) is 6.61 Å². The molecular weight excluding hydrogens is 316 g/mol. The lowest BCUT2D eigenvalue weighted by atomic mass is 9.96. The zero-order valence-corrected chi connectivity index (χ0v) is 17.7. The average Bonchev–Trinajstić information content (AvgIpc) is 2.66. The lowest BCUT2D eigenvalue weighted by Gasteiger charge is -2.10. The van der Waals surface area contributed by atoms with Gasteiger partial charge in [0, 0.05) is 0 Å². The standard InChI is InChI=1S/C25H44O/c1-3-4-14-19-24(2)20-15-11-9-7-5-6-8-10-12-18-23-26-25-21-16-13-17-22-25/h13,16-17,21-22,24H,3-12,14-15,18-20,23H2,1-2H3. The van der Waals surface area contributed by atoms with E-state index in [0.717, 1.165) is 18.3 Å². The van der Waals surface area contributed by atoms with E-state index in [2.05, 4.69) is 13.8 Å². The van der Waals surface area contributed by atoms with Gasteiger partial charge in [-0.1, -0.05) is 122 Å². The van der Waals surface area contributed by atoms with Gasteiger partial charge in [0.1, 0.15) is 5.75 Å². The van der Waals surface area contributed by atoms with Crippen molar-refractivity contribution in [3.63, 3.8) is 0 Å². The van der Waals surface area contributed by atoms with Gasteiger partial charge in [0.2, 0.25) is 0 Å². The molecule has 1 rings (SSSR count). The molecule has 1 aromatic rings. The van der Waals surface area contributed by atoms with Crippen molar-refractivity contribution >= 4 is 0 Å². The maximum atomic E-state index is 5.73. The van der Waals surface area contributed by atoms with E-state index in [1.165, 1.54) is 96.3 Å². The summed E-state index contributed by atoms with van der Waals surface area (Å²) >= 11 is 0. The average molecular weight is 361 g/mol. The van der Waals surface area contributed by atoms with Crippen molar-refractivity contribution in [3.05, 3.63) is 30.3 Å². The molecule has 0 amide bonds. The topological polar surface area (TPSA) is 9.23 Å². The van der Waals surface area contributed by atoms with Crippen molar-refractivity contribution in [3.8, 4) is 5.75 Å². The van der Waals surface area contributed by atoms with E-state index >= 15 is 0 Å². The number of para-hydroxylation sites is 1. The Morgan fingerprint density at radius 3 is 1.73 bits per heavy atom. The van der Waals surface area contributed by atoms with Crippen LogP contribution in [0.1, 0.15) is 110 Å². The van der Waals surface area contributed by atoms with Gasteiger partial charge in [0.15, 0.2) is 0 Å². The van der Waals surface area contributed by atoms with E-state index < -0.39 is 0 Å². The zero-order chi connectivity index (χ0) is 18.7. The van der Waals surface area contributed by atoms with Crippen molar-refractivity contribution in [2.75, 3.05) is 6.61 Å². The Morgan fingerprint density at radius 1 is 0.654 bits per heavy atom. The number of unbranched alkanes of at least 4 members (excludes halogenated alkanes) is 11. The highest BCUT2D eigenvalue weighted by molar-refractivity contribution is 5.20. The van der Waals surface area contributed by atoms with Gasteiger partial charge < -0.3 is 4.74 Å². The van der Waals surface area contributed by atoms with E-state index in [1.54, 1.807) is 0 Å². The third kappa shape index (κ3) is 14.2. The molecule has 0 fully saturated rings. The fourth-order valence-electron chi connectivity index (χ4n) is 3.60. The van der Waals surface area contributed by atoms with Crippen molar-refractivity contribution in [1.29, 1.82) is 0 Å². The highest BCUT2D eigenvalue weighted by atomic mass is 16.5. The zero-order valence-electron chi connectivity index (χ0n) is 17.7. The molecule has 0 spiro atoms. The molecule has 0 saturated carbocycles. The lowest BCUT2D eigenvalue weighted by Crippen LogP contribution is -1.96. The van der Waals surface area contributed by atoms with Gasteiger partial charge in [-0.3, -0.25) is 0 Å². The highest BCUT2D eigenvalue weighted by Crippen LogP contribution is 2.18. The molecule has 1 heteroatoms. The largest absolute Gasteiger partial charge is 0.494 e. The summed E-state index contributed by atoms with van der Waals surface area (Å²) in [6.45, 7) is 5.60. The third-order valence-corrected chi connectivity index (χ3v) is 5.40. The van der Waals surface area contributed by atoms with Crippen molar-refractivity contribution in [2.24, 2.45) is 5.92 Å². The SMILES string of the molecule is CCCCCC(C)CCCCCCCCCCCCOc1ccccc1. The summed E-state index contributed by atoms with van der Waals surface area (Å²) < 4.78 is 5.73. The molecule has 0 radical (unpaired) electrons. The van der Waals surface area contributed by atoms with Crippen LogP contribution in [0, 0.1) is 5.92 Å². The van der Waals surface area contributed by atoms with Gasteiger partial charge in [-0.05, 0) is 24.5 Å². The summed E-state index contributed by atoms with van der Waals surface area (Å²) in [5.74, 6) is 1.95. The summed E-state index contributed by atoms with van der Waals surface area (Å²) in [5.41, 5.74) is 0. The van der Waals surface area contributed by atoms with Gasteiger partial charge in [-0.25, -0.2) is 0 Å². The molecule has 0 aromatic heterocycles. The van der Waals surface area contributed by atoms with Gasteiger partial charge in [-0.2, -0.15) is 0 Å². The highest BCUT2D eigenvalue weighted by Gasteiger charge is 2.01. The smallest absolute Gasteiger partial charge is 0.119 e. The molecule has 26 heavy (non-hydrogen) atoms. The normalized spacial score (nSPS) is 12.2. The number of hydrogen-bond acceptors (Lipinski definition) is 1. The summed E-state index contributed by atoms with van der Waals surface area (Å²) in [6, 6.07) is 10.2. The molecule has 0 heterocycles. The first-order valence-electron chi connectivity index (χ1n) is 11.5. The first kappa shape index (κ1) is 23.1. The molecular formula is C25H44O. The molecule has 1 atom stereocenters. The monoisotopic (exact) mass is 360 g/mol. The van der Waals surface area contributed by atoms with Crippen molar-refractivity contribution in [1.82, 2.24) is 0 Å². The Labute approximate surface area is 163 Å². The molecule has 0 aliphatic rings. The summed E-state index contributed by atoms with van der Waals surface area (Å²) in [4.78, 5) is 0. The molecule has 0 aliphatic carbocycles. The maximum absolute atomic E-state index is 5.73. The van der Waals surface area contributed by atoms with Crippen LogP contribution in [0.4, 0.5) is 0 Å². The summed E-state index contributed by atoms with van der Waals surface area (Å²) in [7, 11) is 0. The minimum Gasteiger partial charge on any atom is -0.494 e. The molecule has 0 aliphatic heterocycles. The number of rotatable bonds is 18. The second-order valence-corrected chi connectivity index (χ2v) is 8.09. The van der Waals surface area contributed by atoms with Crippen LogP contribution in [0.5, 0.6) is 5.75 Å². The first-order chi connectivity index (χ1) is 12.8. The van der Waals surface area contributed by atoms with E-state index in [-0.39, 0.29) is 0 Å². The van der Waals surface area contributed by atoms with Crippen LogP contribution in [-0.4, -0.2) is 6.61 Å². The number of ether oxygens (including phenoxy) is 1. The van der Waals surface area contributed by atoms with Crippen LogP contribution < -0.4 is 4.74 Å². The van der Waals surface area contributed by atoms with Crippen LogP contribution in [0.2, 0.25) is 0 Å². The molecule has 0 N–H and O–H groups in total. The lowest BCUT2D eigenvalue weighted by molar-refractivity contribution is 0.304. The Hall–Kier alpha value is -0.980. The van der Waals surface area contributed by atoms with Crippen molar-refractivity contribution < 1.29 is 4.74 Å². The fraction of sp³-hybridized carbons (Fsp3) is 0.760. The van der Waals surface area contributed by atoms with Crippen LogP contribution in [0.3, 0.4) is 0 Å². The minimum atomic E-state index is 0.862. The second kappa shape index (κ2) is 17.4. The van der Waals surface area contributed by atoms with Crippen molar-refractivity contribution in [2.45, 2.75) is 110 Å². The van der Waals surface area contributed by atoms with Gasteiger partial charge >= 0.3 is 0 Å². The Bertz CT molecular complexity index is 386. The molecule has 1 unspecified atom stereocenters. The van der Waals surface area contributed by atoms with E-state index in [4.69, 9.17) is 4.74 Å². The fourth-order valence-corrected chi connectivity index (χ4v) is 3.60. The predicted octanol–water partition coefficient (Wildman–Crippen LogP) is 8.57. The van der Waals surface area contributed by atoms with Crippen LogP contribution in [-0.2, 0) is 0 Å². The second-order valence-electron chi connectivity index (χ2n) is 8.09. The Morgan fingerprint density at radius 2 is 1.15 bits per heavy atom. The number of hydrogen-bond donors (Lipinski definition) is 0. The van der Waals surface area contributed by atoms with Crippen LogP contribution in [0.25, 0.3) is 0 Å². The van der Waals surface area contributed by atoms with Crippen LogP contribution >= 0.6 is 0 Å². The number of benzene rings is 1. The quantitative estimate of drug-likeness (QED) is 0.238. The van der Waals surface area contributed by atoms with E-state index in [0.29, 0.717) is 0 Å². The third-order valence-electron chi connectivity index (χ3n) is 5.40. The Kier molecular flexibility index (Phi) is 15.5. The van der Waals surface area contributed by atoms with E-state index in [9.17, 15) is 0 Å². The van der Waals surface area contributed by atoms with Crippen LogP contribution in [0.15, 0.2) is 30.3 Å². The Balaban J connectivity index is 1.74. The molecule has 1 nitrogen and oxygen atoms in total. The molecule has 0 saturated heterocycles. The first-order valence-corrected chi connectivity index (χ1v) is 11.5. The molecule has 0 bridgehead atoms. The minimum absolute atomic E-state index is 0.862. The molecule has 1 aromatic carbocycles. The van der Waals surface area contributed by atoms with E-state index in [1.807, 2.05) is 30.3 Å². The maximum Gasteiger partial charge on any atom is 0.119 e. The van der Waals surface area contributed by atoms with Gasteiger partial charge in [-0.15, -0.1) is 0 Å².